The third kappa shape index (κ3) is 4.30. The standard InChI is InChI=1S/C15H21FN2.CH4O/c1-5-6-14-17-12-7-10(9-15(2,3)4)11(16)8-13(12)18-14;1-2/h7-8H,5-6,9H2,1-4H3,(H,17,18);2H,1H3. The van der Waals surface area contributed by atoms with E-state index in [1.54, 1.807) is 6.07 Å². The summed E-state index contributed by atoms with van der Waals surface area (Å²) in [5.74, 6) is 0.798. The topological polar surface area (TPSA) is 48.9 Å². The molecule has 0 saturated heterocycles. The van der Waals surface area contributed by atoms with E-state index >= 15 is 0 Å². The summed E-state index contributed by atoms with van der Waals surface area (Å²) in [6.45, 7) is 8.46. The monoisotopic (exact) mass is 280 g/mol. The van der Waals surface area contributed by atoms with Crippen LogP contribution in [0, 0.1) is 11.2 Å². The van der Waals surface area contributed by atoms with Crippen LogP contribution in [0.1, 0.15) is 45.5 Å². The Morgan fingerprint density at radius 2 is 1.90 bits per heavy atom. The van der Waals surface area contributed by atoms with Crippen molar-refractivity contribution in [2.75, 3.05) is 7.11 Å². The van der Waals surface area contributed by atoms with Gasteiger partial charge in [-0.2, -0.15) is 0 Å². The van der Waals surface area contributed by atoms with Crippen LogP contribution in [0.5, 0.6) is 0 Å². The van der Waals surface area contributed by atoms with Crippen LogP contribution in [-0.4, -0.2) is 22.2 Å². The number of nitrogens with zero attached hydrogens (tertiary/aromatic N) is 1. The van der Waals surface area contributed by atoms with Gasteiger partial charge in [-0.3, -0.25) is 0 Å². The Labute approximate surface area is 120 Å². The van der Waals surface area contributed by atoms with E-state index in [2.05, 4.69) is 37.7 Å². The Hall–Kier alpha value is -1.42. The van der Waals surface area contributed by atoms with Crippen molar-refractivity contribution in [1.29, 1.82) is 0 Å². The van der Waals surface area contributed by atoms with E-state index in [4.69, 9.17) is 5.11 Å². The summed E-state index contributed by atoms with van der Waals surface area (Å²) < 4.78 is 14.0. The number of hydrogen-bond donors (Lipinski definition) is 2. The molecule has 0 aliphatic rings. The van der Waals surface area contributed by atoms with Crippen LogP contribution < -0.4 is 0 Å². The third-order valence-electron chi connectivity index (χ3n) is 2.91. The van der Waals surface area contributed by atoms with E-state index in [-0.39, 0.29) is 11.2 Å². The fraction of sp³-hybridized carbons (Fsp3) is 0.562. The van der Waals surface area contributed by atoms with Gasteiger partial charge in [-0.25, -0.2) is 9.37 Å². The fourth-order valence-corrected chi connectivity index (χ4v) is 2.19. The van der Waals surface area contributed by atoms with Gasteiger partial charge in [0, 0.05) is 19.6 Å². The van der Waals surface area contributed by atoms with Gasteiger partial charge >= 0.3 is 0 Å². The number of aromatic nitrogens is 2. The van der Waals surface area contributed by atoms with Crippen LogP contribution in [0.3, 0.4) is 0 Å². The largest absolute Gasteiger partial charge is 0.400 e. The minimum absolute atomic E-state index is 0.0841. The van der Waals surface area contributed by atoms with Crippen LogP contribution in [0.2, 0.25) is 0 Å². The molecule has 0 saturated carbocycles. The number of H-pyrrole nitrogens is 1. The summed E-state index contributed by atoms with van der Waals surface area (Å²) >= 11 is 0. The Morgan fingerprint density at radius 3 is 2.45 bits per heavy atom. The number of rotatable bonds is 3. The van der Waals surface area contributed by atoms with E-state index in [1.807, 2.05) is 6.07 Å². The number of aliphatic hydroxyl groups is 1. The highest BCUT2D eigenvalue weighted by Gasteiger charge is 2.16. The summed E-state index contributed by atoms with van der Waals surface area (Å²) in [4.78, 5) is 7.68. The Kier molecular flexibility index (Phi) is 5.69. The summed E-state index contributed by atoms with van der Waals surface area (Å²) in [7, 11) is 1.00. The number of imidazole rings is 1. The maximum atomic E-state index is 14.0. The summed E-state index contributed by atoms with van der Waals surface area (Å²) in [5, 5.41) is 7.00. The first-order valence-electron chi connectivity index (χ1n) is 7.01. The molecule has 1 heterocycles. The van der Waals surface area contributed by atoms with Gasteiger partial charge in [0.2, 0.25) is 0 Å². The molecule has 4 heteroatoms. The van der Waals surface area contributed by atoms with Crippen LogP contribution in [0.25, 0.3) is 11.0 Å². The van der Waals surface area contributed by atoms with Gasteiger partial charge in [0.1, 0.15) is 11.6 Å². The van der Waals surface area contributed by atoms with Crippen molar-refractivity contribution in [1.82, 2.24) is 9.97 Å². The maximum Gasteiger partial charge on any atom is 0.128 e. The highest BCUT2D eigenvalue weighted by molar-refractivity contribution is 5.76. The number of aliphatic hydroxyl groups excluding tert-OH is 1. The van der Waals surface area contributed by atoms with Gasteiger partial charge in [0.05, 0.1) is 11.0 Å². The van der Waals surface area contributed by atoms with E-state index in [1.165, 1.54) is 0 Å². The minimum Gasteiger partial charge on any atom is -0.400 e. The van der Waals surface area contributed by atoms with Crippen molar-refractivity contribution in [2.24, 2.45) is 5.41 Å². The van der Waals surface area contributed by atoms with Gasteiger partial charge in [-0.05, 0) is 29.9 Å². The number of halogens is 1. The lowest BCUT2D eigenvalue weighted by atomic mass is 9.88. The zero-order valence-corrected chi connectivity index (χ0v) is 13.0. The quantitative estimate of drug-likeness (QED) is 0.897. The van der Waals surface area contributed by atoms with Gasteiger partial charge in [0.25, 0.3) is 0 Å². The highest BCUT2D eigenvalue weighted by atomic mass is 19.1. The maximum absolute atomic E-state index is 14.0. The number of hydrogen-bond acceptors (Lipinski definition) is 2. The Balaban J connectivity index is 0.000000956. The Morgan fingerprint density at radius 1 is 1.25 bits per heavy atom. The average Bonchev–Trinajstić information content (AvgIpc) is 2.72. The molecule has 0 radical (unpaired) electrons. The smallest absolute Gasteiger partial charge is 0.128 e. The predicted molar refractivity (Wildman–Crippen MR) is 81.3 cm³/mol. The van der Waals surface area contributed by atoms with Gasteiger partial charge in [-0.15, -0.1) is 0 Å². The second-order valence-corrected chi connectivity index (χ2v) is 6.13. The summed E-state index contributed by atoms with van der Waals surface area (Å²) in [6, 6.07) is 3.45. The molecular weight excluding hydrogens is 255 g/mol. The zero-order valence-electron chi connectivity index (χ0n) is 13.0. The molecule has 20 heavy (non-hydrogen) atoms. The van der Waals surface area contributed by atoms with Crippen LogP contribution in [0.15, 0.2) is 12.1 Å². The minimum atomic E-state index is -0.146. The second kappa shape index (κ2) is 6.84. The molecule has 112 valence electrons. The van der Waals surface area contributed by atoms with Crippen molar-refractivity contribution < 1.29 is 9.50 Å². The number of benzene rings is 1. The molecule has 3 nitrogen and oxygen atoms in total. The van der Waals surface area contributed by atoms with Crippen molar-refractivity contribution in [3.8, 4) is 0 Å². The molecule has 0 aliphatic heterocycles. The predicted octanol–water partition coefficient (Wildman–Crippen LogP) is 3.85. The summed E-state index contributed by atoms with van der Waals surface area (Å²) in [5.41, 5.74) is 2.52. The lowest BCUT2D eigenvalue weighted by Gasteiger charge is -2.18. The first kappa shape index (κ1) is 16.6. The molecule has 1 aromatic carbocycles. The van der Waals surface area contributed by atoms with Crippen molar-refractivity contribution >= 4 is 11.0 Å². The van der Waals surface area contributed by atoms with Gasteiger partial charge in [-0.1, -0.05) is 27.7 Å². The molecule has 2 rings (SSSR count). The van der Waals surface area contributed by atoms with Crippen LogP contribution >= 0.6 is 0 Å². The molecule has 0 fully saturated rings. The van der Waals surface area contributed by atoms with Crippen molar-refractivity contribution in [2.45, 2.75) is 47.0 Å². The van der Waals surface area contributed by atoms with Crippen LogP contribution in [-0.2, 0) is 12.8 Å². The fourth-order valence-electron chi connectivity index (χ4n) is 2.19. The lowest BCUT2D eigenvalue weighted by Crippen LogP contribution is -2.10. The molecule has 0 spiro atoms. The Bertz CT molecular complexity index is 555. The van der Waals surface area contributed by atoms with E-state index < -0.39 is 0 Å². The molecule has 0 atom stereocenters. The van der Waals surface area contributed by atoms with Gasteiger partial charge in [0.15, 0.2) is 0 Å². The van der Waals surface area contributed by atoms with E-state index in [9.17, 15) is 4.39 Å². The number of aromatic amines is 1. The van der Waals surface area contributed by atoms with Gasteiger partial charge < -0.3 is 10.1 Å². The van der Waals surface area contributed by atoms with Crippen molar-refractivity contribution in [3.05, 3.63) is 29.3 Å². The molecule has 0 bridgehead atoms. The second-order valence-electron chi connectivity index (χ2n) is 6.13. The van der Waals surface area contributed by atoms with E-state index in [0.717, 1.165) is 48.8 Å². The molecule has 2 aromatic rings. The number of aryl methyl sites for hydroxylation is 1. The first-order valence-corrected chi connectivity index (χ1v) is 7.01. The normalized spacial score (nSPS) is 11.3. The average molecular weight is 280 g/mol. The van der Waals surface area contributed by atoms with E-state index in [0.29, 0.717) is 0 Å². The zero-order chi connectivity index (χ0) is 15.3. The number of nitrogens with one attached hydrogen (secondary N) is 1. The molecular formula is C16H25FN2O. The first-order chi connectivity index (χ1) is 9.39. The van der Waals surface area contributed by atoms with Crippen molar-refractivity contribution in [3.63, 3.8) is 0 Å². The molecule has 0 amide bonds. The SMILES string of the molecule is CCCc1nc2cc(F)c(CC(C)(C)C)cc2[nH]1.CO. The molecule has 1 aromatic heterocycles. The molecule has 0 unspecified atom stereocenters. The third-order valence-corrected chi connectivity index (χ3v) is 2.91. The lowest BCUT2D eigenvalue weighted by molar-refractivity contribution is 0.399. The van der Waals surface area contributed by atoms with Crippen LogP contribution in [0.4, 0.5) is 4.39 Å². The highest BCUT2D eigenvalue weighted by Crippen LogP contribution is 2.25. The molecule has 0 aliphatic carbocycles. The molecule has 2 N–H and O–H groups in total. The number of fused-ring (bicyclic) bond motifs is 1. The summed E-state index contributed by atoms with van der Waals surface area (Å²) in [6.07, 6.45) is 2.68.